The maximum Gasteiger partial charge on any atom is 0.118 e. The Bertz CT molecular complexity index is 582. The standard InChI is InChI=1S/C18H24N2O/c1-12-10-13(2)20-15(4)18(12)14(3)19-11-16-6-8-17(21-5)9-7-16/h6-10,14,19H,11H2,1-5H3. The Morgan fingerprint density at radius 1 is 1.14 bits per heavy atom. The number of benzene rings is 1. The maximum absolute atomic E-state index is 5.18. The van der Waals surface area contributed by atoms with Crippen molar-refractivity contribution in [2.75, 3.05) is 7.11 Å². The predicted octanol–water partition coefficient (Wildman–Crippen LogP) is 3.87. The Morgan fingerprint density at radius 2 is 1.81 bits per heavy atom. The van der Waals surface area contributed by atoms with Gasteiger partial charge in [0.2, 0.25) is 0 Å². The molecule has 1 atom stereocenters. The highest BCUT2D eigenvalue weighted by molar-refractivity contribution is 5.33. The van der Waals surface area contributed by atoms with Gasteiger partial charge in [-0.25, -0.2) is 0 Å². The van der Waals surface area contributed by atoms with Crippen LogP contribution in [0.3, 0.4) is 0 Å². The van der Waals surface area contributed by atoms with Gasteiger partial charge < -0.3 is 10.1 Å². The van der Waals surface area contributed by atoms with Crippen molar-refractivity contribution in [3.63, 3.8) is 0 Å². The molecule has 2 aromatic rings. The number of rotatable bonds is 5. The minimum absolute atomic E-state index is 0.278. The summed E-state index contributed by atoms with van der Waals surface area (Å²) in [4.78, 5) is 4.58. The third-order valence-electron chi connectivity index (χ3n) is 3.79. The summed E-state index contributed by atoms with van der Waals surface area (Å²) in [7, 11) is 1.69. The number of aromatic nitrogens is 1. The van der Waals surface area contributed by atoms with Crippen LogP contribution in [0.25, 0.3) is 0 Å². The van der Waals surface area contributed by atoms with Crippen LogP contribution in [0.4, 0.5) is 0 Å². The van der Waals surface area contributed by atoms with Crippen molar-refractivity contribution < 1.29 is 4.74 Å². The van der Waals surface area contributed by atoms with Gasteiger partial charge in [-0.05, 0) is 62.6 Å². The van der Waals surface area contributed by atoms with Crippen molar-refractivity contribution in [2.24, 2.45) is 0 Å². The first-order valence-electron chi connectivity index (χ1n) is 7.32. The molecule has 1 N–H and O–H groups in total. The number of hydrogen-bond acceptors (Lipinski definition) is 3. The largest absolute Gasteiger partial charge is 0.497 e. The van der Waals surface area contributed by atoms with Gasteiger partial charge in [-0.2, -0.15) is 0 Å². The van der Waals surface area contributed by atoms with Crippen LogP contribution < -0.4 is 10.1 Å². The van der Waals surface area contributed by atoms with Crippen LogP contribution >= 0.6 is 0 Å². The predicted molar refractivity (Wildman–Crippen MR) is 86.7 cm³/mol. The van der Waals surface area contributed by atoms with E-state index in [4.69, 9.17) is 4.74 Å². The first-order chi connectivity index (χ1) is 10.0. The van der Waals surface area contributed by atoms with E-state index in [9.17, 15) is 0 Å². The molecule has 3 nitrogen and oxygen atoms in total. The van der Waals surface area contributed by atoms with Gasteiger partial charge in [-0.3, -0.25) is 4.98 Å². The number of hydrogen-bond donors (Lipinski definition) is 1. The quantitative estimate of drug-likeness (QED) is 0.905. The number of pyridine rings is 1. The lowest BCUT2D eigenvalue weighted by Crippen LogP contribution is -2.20. The van der Waals surface area contributed by atoms with Gasteiger partial charge in [-0.15, -0.1) is 0 Å². The molecule has 21 heavy (non-hydrogen) atoms. The second-order valence-electron chi connectivity index (χ2n) is 5.53. The molecule has 0 radical (unpaired) electrons. The Kier molecular flexibility index (Phi) is 4.97. The molecular formula is C18H24N2O. The number of nitrogens with one attached hydrogen (secondary N) is 1. The normalized spacial score (nSPS) is 12.2. The van der Waals surface area contributed by atoms with E-state index >= 15 is 0 Å². The summed E-state index contributed by atoms with van der Waals surface area (Å²) in [5.41, 5.74) is 6.04. The molecule has 1 heterocycles. The Balaban J connectivity index is 2.06. The lowest BCUT2D eigenvalue weighted by atomic mass is 10.00. The van der Waals surface area contributed by atoms with Crippen molar-refractivity contribution in [3.8, 4) is 5.75 Å². The molecule has 3 heteroatoms. The summed E-state index contributed by atoms with van der Waals surface area (Å²) in [6, 6.07) is 10.6. The first-order valence-corrected chi connectivity index (χ1v) is 7.32. The Morgan fingerprint density at radius 3 is 2.38 bits per heavy atom. The molecule has 0 fully saturated rings. The highest BCUT2D eigenvalue weighted by Crippen LogP contribution is 2.21. The molecule has 0 aliphatic heterocycles. The molecule has 0 bridgehead atoms. The van der Waals surface area contributed by atoms with Crippen molar-refractivity contribution in [2.45, 2.75) is 40.3 Å². The van der Waals surface area contributed by atoms with Gasteiger partial charge in [0.15, 0.2) is 0 Å². The molecule has 1 unspecified atom stereocenters. The van der Waals surface area contributed by atoms with Crippen LogP contribution in [-0.4, -0.2) is 12.1 Å². The van der Waals surface area contributed by atoms with E-state index in [2.05, 4.69) is 49.3 Å². The molecule has 0 saturated heterocycles. The topological polar surface area (TPSA) is 34.1 Å². The van der Waals surface area contributed by atoms with E-state index in [0.29, 0.717) is 0 Å². The van der Waals surface area contributed by atoms with Crippen molar-refractivity contribution >= 4 is 0 Å². The van der Waals surface area contributed by atoms with E-state index in [-0.39, 0.29) is 6.04 Å². The van der Waals surface area contributed by atoms with E-state index in [1.165, 1.54) is 16.7 Å². The second-order valence-corrected chi connectivity index (χ2v) is 5.53. The monoisotopic (exact) mass is 284 g/mol. The summed E-state index contributed by atoms with van der Waals surface area (Å²) < 4.78 is 5.18. The van der Waals surface area contributed by atoms with Crippen LogP contribution in [-0.2, 0) is 6.54 Å². The van der Waals surface area contributed by atoms with Crippen molar-refractivity contribution in [1.82, 2.24) is 10.3 Å². The van der Waals surface area contributed by atoms with Crippen LogP contribution in [0.15, 0.2) is 30.3 Å². The molecule has 1 aromatic carbocycles. The van der Waals surface area contributed by atoms with Crippen LogP contribution in [0.1, 0.15) is 41.0 Å². The smallest absolute Gasteiger partial charge is 0.118 e. The first kappa shape index (κ1) is 15.5. The lowest BCUT2D eigenvalue weighted by Gasteiger charge is -2.19. The highest BCUT2D eigenvalue weighted by Gasteiger charge is 2.12. The van der Waals surface area contributed by atoms with Crippen LogP contribution in [0.5, 0.6) is 5.75 Å². The highest BCUT2D eigenvalue weighted by atomic mass is 16.5. The maximum atomic E-state index is 5.18. The average molecular weight is 284 g/mol. The number of ether oxygens (including phenoxy) is 1. The molecule has 0 saturated carbocycles. The summed E-state index contributed by atoms with van der Waals surface area (Å²) in [6.45, 7) is 9.30. The zero-order valence-corrected chi connectivity index (χ0v) is 13.5. The molecular weight excluding hydrogens is 260 g/mol. The van der Waals surface area contributed by atoms with Gasteiger partial charge in [0, 0.05) is 24.0 Å². The third-order valence-corrected chi connectivity index (χ3v) is 3.79. The molecule has 0 aliphatic carbocycles. The fourth-order valence-corrected chi connectivity index (χ4v) is 2.80. The Labute approximate surface area is 127 Å². The minimum atomic E-state index is 0.278. The zero-order valence-electron chi connectivity index (χ0n) is 13.5. The molecule has 0 spiro atoms. The van der Waals surface area contributed by atoms with Crippen molar-refractivity contribution in [1.29, 1.82) is 0 Å². The summed E-state index contributed by atoms with van der Waals surface area (Å²) in [5.74, 6) is 0.890. The van der Waals surface area contributed by atoms with E-state index in [1.54, 1.807) is 7.11 Å². The zero-order chi connectivity index (χ0) is 15.4. The van der Waals surface area contributed by atoms with Gasteiger partial charge in [0.1, 0.15) is 5.75 Å². The van der Waals surface area contributed by atoms with Gasteiger partial charge in [0.05, 0.1) is 7.11 Å². The van der Waals surface area contributed by atoms with Crippen LogP contribution in [0.2, 0.25) is 0 Å². The molecule has 112 valence electrons. The fraction of sp³-hybridized carbons (Fsp3) is 0.389. The van der Waals surface area contributed by atoms with Gasteiger partial charge in [0.25, 0.3) is 0 Å². The minimum Gasteiger partial charge on any atom is -0.497 e. The van der Waals surface area contributed by atoms with E-state index < -0.39 is 0 Å². The summed E-state index contributed by atoms with van der Waals surface area (Å²) in [6.07, 6.45) is 0. The SMILES string of the molecule is COc1ccc(CNC(C)c2c(C)cc(C)nc2C)cc1. The number of methoxy groups -OCH3 is 1. The van der Waals surface area contributed by atoms with Gasteiger partial charge in [-0.1, -0.05) is 12.1 Å². The summed E-state index contributed by atoms with van der Waals surface area (Å²) >= 11 is 0. The van der Waals surface area contributed by atoms with Crippen LogP contribution in [0, 0.1) is 20.8 Å². The molecule has 1 aromatic heterocycles. The van der Waals surface area contributed by atoms with E-state index in [0.717, 1.165) is 23.7 Å². The van der Waals surface area contributed by atoms with Gasteiger partial charge >= 0.3 is 0 Å². The summed E-state index contributed by atoms with van der Waals surface area (Å²) in [5, 5.41) is 3.57. The van der Waals surface area contributed by atoms with Crippen molar-refractivity contribution in [3.05, 3.63) is 58.4 Å². The molecule has 0 amide bonds. The number of aryl methyl sites for hydroxylation is 3. The lowest BCUT2D eigenvalue weighted by molar-refractivity contribution is 0.414. The Hall–Kier alpha value is -1.87. The molecule has 0 aliphatic rings. The van der Waals surface area contributed by atoms with E-state index in [1.807, 2.05) is 19.1 Å². The number of nitrogens with zero attached hydrogens (tertiary/aromatic N) is 1. The third kappa shape index (κ3) is 3.82. The fourth-order valence-electron chi connectivity index (χ4n) is 2.80. The second kappa shape index (κ2) is 6.72. The molecule has 2 rings (SSSR count). The average Bonchev–Trinajstić information content (AvgIpc) is 2.44.